The molecule has 0 saturated heterocycles. The highest BCUT2D eigenvalue weighted by Crippen LogP contribution is 2.44. The van der Waals surface area contributed by atoms with Crippen LogP contribution in [-0.4, -0.2) is 36.8 Å². The number of hydrogen-bond acceptors (Lipinski definition) is 4. The van der Waals surface area contributed by atoms with Crippen LogP contribution in [0.25, 0.3) is 22.2 Å². The number of aromatic nitrogens is 1. The van der Waals surface area contributed by atoms with Crippen LogP contribution < -0.4 is 5.32 Å². The van der Waals surface area contributed by atoms with Crippen molar-refractivity contribution in [1.82, 2.24) is 9.72 Å². The lowest BCUT2D eigenvalue weighted by Gasteiger charge is -2.25. The summed E-state index contributed by atoms with van der Waals surface area (Å²) in [6.07, 6.45) is 4.84. The lowest BCUT2D eigenvalue weighted by Crippen LogP contribution is -2.40. The Morgan fingerprint density at radius 2 is 1.83 bits per heavy atom. The van der Waals surface area contributed by atoms with E-state index in [9.17, 15) is 13.2 Å². The highest BCUT2D eigenvalue weighted by molar-refractivity contribution is 7.91. The van der Waals surface area contributed by atoms with Crippen molar-refractivity contribution in [3.63, 3.8) is 0 Å². The summed E-state index contributed by atoms with van der Waals surface area (Å²) in [5, 5.41) is 3.24. The Hall–Kier alpha value is -2.12. The molecule has 3 heterocycles. The molecule has 3 aromatic rings. The van der Waals surface area contributed by atoms with E-state index in [2.05, 4.69) is 5.32 Å². The number of sulfone groups is 1. The molecule has 0 bridgehead atoms. The van der Waals surface area contributed by atoms with Gasteiger partial charge in [-0.15, -0.1) is 0 Å². The van der Waals surface area contributed by atoms with Gasteiger partial charge < -0.3 is 4.40 Å². The van der Waals surface area contributed by atoms with Gasteiger partial charge in [0, 0.05) is 51.7 Å². The zero-order chi connectivity index (χ0) is 21.5. The van der Waals surface area contributed by atoms with Crippen molar-refractivity contribution in [2.75, 3.05) is 12.3 Å². The Morgan fingerprint density at radius 1 is 1.10 bits per heavy atom. The number of carbonyl (C=O) groups excluding carboxylic acids is 1. The smallest absolute Gasteiger partial charge is 0.167 e. The first-order valence-electron chi connectivity index (χ1n) is 9.56. The van der Waals surface area contributed by atoms with Gasteiger partial charge in [-0.25, -0.2) is 8.42 Å². The monoisotopic (exact) mass is 462 g/mol. The van der Waals surface area contributed by atoms with E-state index >= 15 is 0 Å². The Kier molecular flexibility index (Phi) is 5.77. The zero-order valence-corrected chi connectivity index (χ0v) is 18.6. The molecule has 0 saturated carbocycles. The van der Waals surface area contributed by atoms with Gasteiger partial charge in [0.15, 0.2) is 16.1 Å². The van der Waals surface area contributed by atoms with Crippen LogP contribution >= 0.6 is 23.2 Å². The van der Waals surface area contributed by atoms with Gasteiger partial charge in [0.05, 0.1) is 11.2 Å². The van der Waals surface area contributed by atoms with E-state index in [0.717, 1.165) is 22.9 Å². The van der Waals surface area contributed by atoms with Crippen LogP contribution in [0.3, 0.4) is 0 Å². The van der Waals surface area contributed by atoms with Gasteiger partial charge in [0.1, 0.15) is 5.37 Å². The standard InChI is InChI=1S/C22H20Cl2N2O3S/c1-2-30(28,29)19-12-14(9-10-25-19)20-17-8-3-4-11-26(17)18(13-27)22(20)21-15(23)6-5-7-16(21)24/h3-9,11,13,19,25H,2,10,12H2,1H3. The molecule has 1 aromatic carbocycles. The van der Waals surface area contributed by atoms with E-state index < -0.39 is 15.2 Å². The predicted molar refractivity (Wildman–Crippen MR) is 122 cm³/mol. The number of pyridine rings is 1. The second-order valence-corrected chi connectivity index (χ2v) is 10.4. The zero-order valence-electron chi connectivity index (χ0n) is 16.2. The molecule has 1 atom stereocenters. The van der Waals surface area contributed by atoms with E-state index in [4.69, 9.17) is 23.2 Å². The van der Waals surface area contributed by atoms with Gasteiger partial charge in [-0.1, -0.05) is 48.3 Å². The molecule has 1 unspecified atom stereocenters. The second-order valence-electron chi connectivity index (χ2n) is 7.09. The number of aldehydes is 1. The SMILES string of the molecule is CCS(=O)(=O)C1CC(c2c(-c3c(Cl)cccc3Cl)c(C=O)n3ccccc23)=CCN1. The number of hydrogen-bond donors (Lipinski definition) is 1. The molecule has 1 N–H and O–H groups in total. The Morgan fingerprint density at radius 3 is 2.50 bits per heavy atom. The third-order valence-corrected chi connectivity index (χ3v) is 8.10. The Balaban J connectivity index is 2.03. The molecule has 4 rings (SSSR count). The molecule has 0 spiro atoms. The summed E-state index contributed by atoms with van der Waals surface area (Å²) in [7, 11) is -3.29. The Bertz CT molecular complexity index is 1260. The minimum atomic E-state index is -3.29. The van der Waals surface area contributed by atoms with E-state index in [0.29, 0.717) is 33.4 Å². The molecular formula is C22H20Cl2N2O3S. The topological polar surface area (TPSA) is 67.7 Å². The van der Waals surface area contributed by atoms with Gasteiger partial charge in [-0.05, 0) is 29.8 Å². The highest BCUT2D eigenvalue weighted by atomic mass is 35.5. The van der Waals surface area contributed by atoms with Crippen molar-refractivity contribution in [2.24, 2.45) is 0 Å². The van der Waals surface area contributed by atoms with Gasteiger partial charge in [-0.2, -0.15) is 0 Å². The molecule has 8 heteroatoms. The first-order valence-corrected chi connectivity index (χ1v) is 12.0. The third-order valence-electron chi connectivity index (χ3n) is 5.46. The second kappa shape index (κ2) is 8.19. The van der Waals surface area contributed by atoms with Crippen molar-refractivity contribution in [3.8, 4) is 11.1 Å². The summed E-state index contributed by atoms with van der Waals surface area (Å²) >= 11 is 13.0. The maximum atomic E-state index is 12.5. The van der Waals surface area contributed by atoms with Crippen molar-refractivity contribution in [3.05, 3.63) is 70.0 Å². The van der Waals surface area contributed by atoms with Crippen molar-refractivity contribution >= 4 is 50.4 Å². The third kappa shape index (κ3) is 3.48. The maximum Gasteiger partial charge on any atom is 0.167 e. The van der Waals surface area contributed by atoms with E-state index in [-0.39, 0.29) is 12.2 Å². The van der Waals surface area contributed by atoms with Crippen LogP contribution in [0.15, 0.2) is 48.7 Å². The van der Waals surface area contributed by atoms with Crippen LogP contribution in [-0.2, 0) is 9.84 Å². The lowest BCUT2D eigenvalue weighted by atomic mass is 9.92. The molecule has 0 aliphatic carbocycles. The van der Waals surface area contributed by atoms with E-state index in [1.54, 1.807) is 35.7 Å². The Labute approximate surface area is 185 Å². The number of nitrogens with zero attached hydrogens (tertiary/aromatic N) is 1. The minimum absolute atomic E-state index is 0.0528. The fraction of sp³-hybridized carbons (Fsp3) is 0.227. The molecule has 1 aliphatic heterocycles. The van der Waals surface area contributed by atoms with E-state index in [1.165, 1.54) is 0 Å². The van der Waals surface area contributed by atoms with Crippen molar-refractivity contribution < 1.29 is 13.2 Å². The minimum Gasteiger partial charge on any atom is -0.313 e. The van der Waals surface area contributed by atoms with Crippen LogP contribution in [0.4, 0.5) is 0 Å². The van der Waals surface area contributed by atoms with Crippen LogP contribution in [0.5, 0.6) is 0 Å². The molecule has 1 aliphatic rings. The maximum absolute atomic E-state index is 12.5. The van der Waals surface area contributed by atoms with Crippen LogP contribution in [0, 0.1) is 0 Å². The number of carbonyl (C=O) groups is 1. The lowest BCUT2D eigenvalue weighted by molar-refractivity contribution is 0.111. The molecule has 0 fully saturated rings. The number of rotatable bonds is 5. The molecule has 0 amide bonds. The molecule has 30 heavy (non-hydrogen) atoms. The highest BCUT2D eigenvalue weighted by Gasteiger charge is 2.31. The summed E-state index contributed by atoms with van der Waals surface area (Å²) < 4.78 is 26.8. The number of halogens is 2. The summed E-state index contributed by atoms with van der Waals surface area (Å²) in [6.45, 7) is 2.05. The molecule has 0 radical (unpaired) electrons. The molecular weight excluding hydrogens is 443 g/mol. The predicted octanol–water partition coefficient (Wildman–Crippen LogP) is 4.86. The molecule has 2 aromatic heterocycles. The number of nitrogens with one attached hydrogen (secondary N) is 1. The average molecular weight is 463 g/mol. The normalized spacial score (nSPS) is 17.2. The summed E-state index contributed by atoms with van der Waals surface area (Å²) in [4.78, 5) is 12.2. The summed E-state index contributed by atoms with van der Waals surface area (Å²) in [6, 6.07) is 10.8. The van der Waals surface area contributed by atoms with Gasteiger partial charge in [0.25, 0.3) is 0 Å². The summed E-state index contributed by atoms with van der Waals surface area (Å²) in [5.41, 5.74) is 4.03. The van der Waals surface area contributed by atoms with Gasteiger partial charge >= 0.3 is 0 Å². The molecule has 5 nitrogen and oxygen atoms in total. The fourth-order valence-electron chi connectivity index (χ4n) is 3.99. The van der Waals surface area contributed by atoms with Gasteiger partial charge in [0.2, 0.25) is 0 Å². The summed E-state index contributed by atoms with van der Waals surface area (Å²) in [5.74, 6) is 0.0528. The van der Waals surface area contributed by atoms with E-state index in [1.807, 2.05) is 24.3 Å². The van der Waals surface area contributed by atoms with Crippen LogP contribution in [0.2, 0.25) is 10.0 Å². The average Bonchev–Trinajstić information content (AvgIpc) is 3.07. The quantitative estimate of drug-likeness (QED) is 0.549. The number of fused-ring (bicyclic) bond motifs is 1. The van der Waals surface area contributed by atoms with Crippen molar-refractivity contribution in [2.45, 2.75) is 18.7 Å². The molecule has 156 valence electrons. The fourth-order valence-corrected chi connectivity index (χ4v) is 5.76. The van der Waals surface area contributed by atoms with Crippen molar-refractivity contribution in [1.29, 1.82) is 0 Å². The first kappa shape index (κ1) is 21.1. The number of benzene rings is 1. The first-order chi connectivity index (χ1) is 14.4. The largest absolute Gasteiger partial charge is 0.313 e. The van der Waals surface area contributed by atoms with Crippen LogP contribution in [0.1, 0.15) is 29.4 Å². The van der Waals surface area contributed by atoms with Gasteiger partial charge in [-0.3, -0.25) is 10.1 Å².